The first-order valence-electron chi connectivity index (χ1n) is 9.50. The van der Waals surface area contributed by atoms with E-state index in [-0.39, 0.29) is 5.69 Å². The molecule has 3 N–H and O–H groups in total. The number of benzene rings is 1. The Morgan fingerprint density at radius 2 is 1.85 bits per heavy atom. The number of carbonyl (C=O) groups is 2. The summed E-state index contributed by atoms with van der Waals surface area (Å²) in [6.07, 6.45) is 4.57. The van der Waals surface area contributed by atoms with E-state index >= 15 is 0 Å². The molecule has 1 aromatic heterocycles. The van der Waals surface area contributed by atoms with Crippen LogP contribution in [0.5, 0.6) is 0 Å². The lowest BCUT2D eigenvalue weighted by Gasteiger charge is -2.28. The van der Waals surface area contributed by atoms with Crippen LogP contribution >= 0.6 is 0 Å². The standard InChI is InChI=1S/C20H28N4O3/c1-20(2,3)16(17(21)25)22-18(26)24-15-9-5-4-8-14(15)23(19(24)27)12-6-7-13-10-11-13/h4-5,8-9,13,16H,6-7,10-12H2,1-3H3,(H2,21,25)(H,22,26)/t16-/m1/s1. The maximum absolute atomic E-state index is 13.0. The van der Waals surface area contributed by atoms with Gasteiger partial charge < -0.3 is 11.1 Å². The van der Waals surface area contributed by atoms with Crippen LogP contribution in [-0.2, 0) is 11.3 Å². The van der Waals surface area contributed by atoms with Crippen LogP contribution in [0.2, 0.25) is 0 Å². The normalized spacial score (nSPS) is 15.7. The van der Waals surface area contributed by atoms with Crippen LogP contribution in [0.15, 0.2) is 29.1 Å². The van der Waals surface area contributed by atoms with Crippen molar-refractivity contribution in [3.8, 4) is 0 Å². The van der Waals surface area contributed by atoms with E-state index in [9.17, 15) is 14.4 Å². The second-order valence-corrected chi connectivity index (χ2v) is 8.49. The third-order valence-electron chi connectivity index (χ3n) is 5.15. The minimum atomic E-state index is -0.881. The van der Waals surface area contributed by atoms with Gasteiger partial charge in [0.1, 0.15) is 6.04 Å². The third kappa shape index (κ3) is 4.07. The predicted octanol–water partition coefficient (Wildman–Crippen LogP) is 2.45. The smallest absolute Gasteiger partial charge is 0.337 e. The molecule has 0 aliphatic heterocycles. The summed E-state index contributed by atoms with van der Waals surface area (Å²) in [5.41, 5.74) is 5.76. The molecule has 0 saturated heterocycles. The highest BCUT2D eigenvalue weighted by Crippen LogP contribution is 2.33. The monoisotopic (exact) mass is 372 g/mol. The Hall–Kier alpha value is -2.57. The number of carbonyl (C=O) groups excluding carboxylic acids is 2. The zero-order valence-electron chi connectivity index (χ0n) is 16.2. The number of aryl methyl sites for hydroxylation is 1. The molecular formula is C20H28N4O3. The number of para-hydroxylation sites is 2. The van der Waals surface area contributed by atoms with Gasteiger partial charge in [-0.2, -0.15) is 0 Å². The molecule has 7 nitrogen and oxygen atoms in total. The first-order valence-corrected chi connectivity index (χ1v) is 9.50. The number of rotatable bonds is 6. The highest BCUT2D eigenvalue weighted by Gasteiger charge is 2.32. The van der Waals surface area contributed by atoms with Crippen LogP contribution in [0.4, 0.5) is 4.79 Å². The van der Waals surface area contributed by atoms with E-state index in [1.54, 1.807) is 16.7 Å². The fourth-order valence-corrected chi connectivity index (χ4v) is 3.47. The fourth-order valence-electron chi connectivity index (χ4n) is 3.47. The second-order valence-electron chi connectivity index (χ2n) is 8.49. The van der Waals surface area contributed by atoms with Crippen molar-refractivity contribution in [1.82, 2.24) is 14.5 Å². The van der Waals surface area contributed by atoms with E-state index in [0.717, 1.165) is 28.8 Å². The summed E-state index contributed by atoms with van der Waals surface area (Å²) in [7, 11) is 0. The van der Waals surface area contributed by atoms with E-state index in [4.69, 9.17) is 5.73 Å². The fraction of sp³-hybridized carbons (Fsp3) is 0.550. The number of hydrogen-bond acceptors (Lipinski definition) is 3. The Balaban J connectivity index is 1.93. The number of nitrogens with two attached hydrogens (primary N) is 1. The summed E-state index contributed by atoms with van der Waals surface area (Å²) in [4.78, 5) is 37.6. The van der Waals surface area contributed by atoms with Gasteiger partial charge in [0.25, 0.3) is 0 Å². The Kier molecular flexibility index (Phi) is 5.13. The molecule has 0 radical (unpaired) electrons. The van der Waals surface area contributed by atoms with Crippen LogP contribution in [0.25, 0.3) is 11.0 Å². The molecule has 0 spiro atoms. The number of hydrogen-bond donors (Lipinski definition) is 2. The number of primary amides is 1. The molecule has 27 heavy (non-hydrogen) atoms. The minimum Gasteiger partial charge on any atom is -0.368 e. The SMILES string of the molecule is CC(C)(C)[C@H](NC(=O)n1c(=O)n(CCCC2CC2)c2ccccc21)C(N)=O. The Labute approximate surface area is 158 Å². The minimum absolute atomic E-state index is 0.387. The number of amides is 2. The van der Waals surface area contributed by atoms with Gasteiger partial charge in [0, 0.05) is 6.54 Å². The first kappa shape index (κ1) is 19.2. The van der Waals surface area contributed by atoms with Crippen molar-refractivity contribution >= 4 is 23.0 Å². The van der Waals surface area contributed by atoms with Gasteiger partial charge >= 0.3 is 11.7 Å². The Morgan fingerprint density at radius 1 is 1.22 bits per heavy atom. The van der Waals surface area contributed by atoms with Crippen molar-refractivity contribution in [3.63, 3.8) is 0 Å². The van der Waals surface area contributed by atoms with Gasteiger partial charge in [0.15, 0.2) is 0 Å². The van der Waals surface area contributed by atoms with Crippen LogP contribution in [0.3, 0.4) is 0 Å². The van der Waals surface area contributed by atoms with Gasteiger partial charge in [-0.1, -0.05) is 45.7 Å². The largest absolute Gasteiger partial charge is 0.368 e. The van der Waals surface area contributed by atoms with Gasteiger partial charge in [-0.15, -0.1) is 0 Å². The molecule has 1 aromatic carbocycles. The van der Waals surface area contributed by atoms with Crippen LogP contribution in [0, 0.1) is 11.3 Å². The third-order valence-corrected chi connectivity index (χ3v) is 5.15. The van der Waals surface area contributed by atoms with Gasteiger partial charge in [-0.05, 0) is 36.3 Å². The lowest BCUT2D eigenvalue weighted by Crippen LogP contribution is -2.54. The van der Waals surface area contributed by atoms with Gasteiger partial charge in [0.05, 0.1) is 11.0 Å². The first-order chi connectivity index (χ1) is 12.7. The van der Waals surface area contributed by atoms with E-state index in [1.165, 1.54) is 12.8 Å². The molecule has 3 rings (SSSR count). The highest BCUT2D eigenvalue weighted by molar-refractivity contribution is 5.92. The zero-order chi connectivity index (χ0) is 19.8. The van der Waals surface area contributed by atoms with E-state index in [0.29, 0.717) is 12.1 Å². The van der Waals surface area contributed by atoms with E-state index in [1.807, 2.05) is 32.9 Å². The molecule has 1 aliphatic rings. The Bertz CT molecular complexity index is 915. The highest BCUT2D eigenvalue weighted by atomic mass is 16.2. The number of fused-ring (bicyclic) bond motifs is 1. The van der Waals surface area contributed by atoms with E-state index in [2.05, 4.69) is 5.32 Å². The summed E-state index contributed by atoms with van der Waals surface area (Å²) < 4.78 is 2.75. The summed E-state index contributed by atoms with van der Waals surface area (Å²) in [6, 6.07) is 5.71. The number of aromatic nitrogens is 2. The van der Waals surface area contributed by atoms with Crippen LogP contribution < -0.4 is 16.7 Å². The molecule has 2 amide bonds. The average molecular weight is 372 g/mol. The van der Waals surface area contributed by atoms with Crippen molar-refractivity contribution in [1.29, 1.82) is 0 Å². The molecule has 7 heteroatoms. The number of nitrogens with zero attached hydrogens (tertiary/aromatic N) is 2. The van der Waals surface area contributed by atoms with Gasteiger partial charge in [-0.3, -0.25) is 9.36 Å². The molecule has 1 saturated carbocycles. The summed E-state index contributed by atoms with van der Waals surface area (Å²) in [5.74, 6) is 0.164. The summed E-state index contributed by atoms with van der Waals surface area (Å²) >= 11 is 0. The maximum atomic E-state index is 13.0. The van der Waals surface area contributed by atoms with Crippen molar-refractivity contribution < 1.29 is 9.59 Å². The van der Waals surface area contributed by atoms with Crippen molar-refractivity contribution in [2.75, 3.05) is 0 Å². The maximum Gasteiger partial charge on any atom is 0.337 e. The lowest BCUT2D eigenvalue weighted by molar-refractivity contribution is -0.122. The molecule has 0 unspecified atom stereocenters. The van der Waals surface area contributed by atoms with Crippen molar-refractivity contribution in [3.05, 3.63) is 34.7 Å². The molecule has 1 aliphatic carbocycles. The molecular weight excluding hydrogens is 344 g/mol. The molecule has 1 fully saturated rings. The quantitative estimate of drug-likeness (QED) is 0.815. The second kappa shape index (κ2) is 7.21. The van der Waals surface area contributed by atoms with Gasteiger partial charge in [0.2, 0.25) is 5.91 Å². The average Bonchev–Trinajstić information content (AvgIpc) is 3.36. The molecule has 0 bridgehead atoms. The molecule has 1 atom stereocenters. The van der Waals surface area contributed by atoms with E-state index < -0.39 is 23.4 Å². The molecule has 146 valence electrons. The lowest BCUT2D eigenvalue weighted by atomic mass is 9.86. The van der Waals surface area contributed by atoms with Crippen LogP contribution in [0.1, 0.15) is 46.5 Å². The Morgan fingerprint density at radius 3 is 2.41 bits per heavy atom. The summed E-state index contributed by atoms with van der Waals surface area (Å²) in [5, 5.41) is 2.64. The summed E-state index contributed by atoms with van der Waals surface area (Å²) in [6.45, 7) is 6.01. The zero-order valence-corrected chi connectivity index (χ0v) is 16.2. The number of nitrogens with one attached hydrogen (secondary N) is 1. The van der Waals surface area contributed by atoms with Crippen molar-refractivity contribution in [2.24, 2.45) is 17.1 Å². The molecule has 2 aromatic rings. The molecule has 1 heterocycles. The topological polar surface area (TPSA) is 99.1 Å². The van der Waals surface area contributed by atoms with Crippen molar-refractivity contribution in [2.45, 2.75) is 59.0 Å². The predicted molar refractivity (Wildman–Crippen MR) is 105 cm³/mol. The van der Waals surface area contributed by atoms with Gasteiger partial charge in [-0.25, -0.2) is 14.2 Å². The van der Waals surface area contributed by atoms with Crippen LogP contribution in [-0.4, -0.2) is 27.1 Å². The number of imidazole rings is 1.